The number of hydrogen-bond acceptors (Lipinski definition) is 10. The Balaban J connectivity index is 0.000000214. The molecule has 2 fully saturated rings. The molecule has 2 aromatic carbocycles. The van der Waals surface area contributed by atoms with Crippen LogP contribution in [-0.4, -0.2) is 138 Å². The van der Waals surface area contributed by atoms with Crippen molar-refractivity contribution in [3.8, 4) is 0 Å². The number of ether oxygens (including phenoxy) is 3. The van der Waals surface area contributed by atoms with Crippen LogP contribution in [-0.2, 0) is 19.6 Å². The van der Waals surface area contributed by atoms with Gasteiger partial charge < -0.3 is 30.0 Å². The fourth-order valence-corrected chi connectivity index (χ4v) is 7.30. The number of benzene rings is 2. The molecule has 2 amide bonds. The summed E-state index contributed by atoms with van der Waals surface area (Å²) in [4.78, 5) is 54.9. The highest BCUT2D eigenvalue weighted by Crippen LogP contribution is 2.36. The van der Waals surface area contributed by atoms with Gasteiger partial charge in [-0.05, 0) is 57.2 Å². The number of carbonyl (C=O) groups is 4. The average Bonchev–Trinajstić information content (AvgIpc) is 3.68. The maximum Gasteiger partial charge on any atom is 0.435 e. The molecule has 0 bridgehead atoms. The molecule has 0 spiro atoms. The first-order chi connectivity index (χ1) is 26.4. The first kappa shape index (κ1) is 43.3. The molecule has 4 heterocycles. The molecule has 0 radical (unpaired) electrons. The van der Waals surface area contributed by atoms with E-state index >= 15 is 0 Å². The van der Waals surface area contributed by atoms with Gasteiger partial charge in [0.05, 0.1) is 43.0 Å². The Morgan fingerprint density at radius 1 is 0.768 bits per heavy atom. The van der Waals surface area contributed by atoms with E-state index in [2.05, 4.69) is 57.4 Å². The molecule has 56 heavy (non-hydrogen) atoms. The summed E-state index contributed by atoms with van der Waals surface area (Å²) in [6, 6.07) is 10.6. The number of aromatic nitrogens is 3. The Labute approximate surface area is 343 Å². The standard InChI is InChI=1S/C20H26BrN3O4.C19H25BrN4O4/c1-20(2,3)17-16(18(25)22-6-7-23-8-10-28-11-9-23)14-12-13(21)4-5-15(14)24(17)19(26)27;1-19(2,3)28-18(26)24-15-5-4-13(20)12-14(15)16(22-24)17(25)21-6-7-23-8-10-27-11-9-23/h4-5,12H,6-11H2,1-3H3,(H,22,25)(H,26,27);4-5,12H,6-11H2,1-3H3,(H,21,25). The summed E-state index contributed by atoms with van der Waals surface area (Å²) in [6.45, 7) is 19.9. The highest BCUT2D eigenvalue weighted by atomic mass is 79.9. The van der Waals surface area contributed by atoms with E-state index in [1.54, 1.807) is 57.2 Å². The van der Waals surface area contributed by atoms with Crippen LogP contribution in [0.2, 0.25) is 0 Å². The summed E-state index contributed by atoms with van der Waals surface area (Å²) in [5.74, 6) is -0.569. The Morgan fingerprint density at radius 2 is 1.27 bits per heavy atom. The number of morpholine rings is 2. The number of hydrogen-bond donors (Lipinski definition) is 3. The molecule has 6 rings (SSSR count). The van der Waals surface area contributed by atoms with Crippen LogP contribution in [0.5, 0.6) is 0 Å². The quantitative estimate of drug-likeness (QED) is 0.192. The zero-order valence-corrected chi connectivity index (χ0v) is 35.9. The van der Waals surface area contributed by atoms with Crippen molar-refractivity contribution < 1.29 is 38.5 Å². The Morgan fingerprint density at radius 3 is 1.77 bits per heavy atom. The van der Waals surface area contributed by atoms with Crippen LogP contribution < -0.4 is 10.6 Å². The number of nitrogens with zero attached hydrogens (tertiary/aromatic N) is 5. The van der Waals surface area contributed by atoms with Gasteiger partial charge in [-0.2, -0.15) is 9.78 Å². The second-order valence-electron chi connectivity index (χ2n) is 15.6. The third-order valence-corrected chi connectivity index (χ3v) is 10.1. The number of nitrogens with one attached hydrogen (secondary N) is 2. The smallest absolute Gasteiger partial charge is 0.435 e. The van der Waals surface area contributed by atoms with Crippen molar-refractivity contribution in [1.82, 2.24) is 34.8 Å². The molecule has 304 valence electrons. The largest absolute Gasteiger partial charge is 0.464 e. The number of fused-ring (bicyclic) bond motifs is 2. The predicted molar refractivity (Wildman–Crippen MR) is 220 cm³/mol. The van der Waals surface area contributed by atoms with E-state index in [0.29, 0.717) is 72.6 Å². The van der Waals surface area contributed by atoms with Crippen molar-refractivity contribution in [3.63, 3.8) is 0 Å². The third kappa shape index (κ3) is 10.9. The van der Waals surface area contributed by atoms with Gasteiger partial charge in [-0.1, -0.05) is 52.6 Å². The average molecular weight is 906 g/mol. The topological polar surface area (TPSA) is 169 Å². The van der Waals surface area contributed by atoms with Crippen LogP contribution in [0.15, 0.2) is 45.3 Å². The van der Waals surface area contributed by atoms with Gasteiger partial charge in [0.2, 0.25) is 0 Å². The van der Waals surface area contributed by atoms with Crippen molar-refractivity contribution in [3.05, 3.63) is 62.3 Å². The molecule has 17 heteroatoms. The lowest BCUT2D eigenvalue weighted by atomic mass is 9.88. The lowest BCUT2D eigenvalue weighted by Gasteiger charge is -2.26. The van der Waals surface area contributed by atoms with E-state index in [1.165, 1.54) is 4.57 Å². The minimum absolute atomic E-state index is 0.198. The van der Waals surface area contributed by atoms with Gasteiger partial charge in [0.25, 0.3) is 11.8 Å². The minimum Gasteiger partial charge on any atom is -0.464 e. The van der Waals surface area contributed by atoms with E-state index in [4.69, 9.17) is 14.2 Å². The minimum atomic E-state index is -1.09. The van der Waals surface area contributed by atoms with Crippen LogP contribution in [0.4, 0.5) is 9.59 Å². The van der Waals surface area contributed by atoms with E-state index in [9.17, 15) is 24.3 Å². The number of halogens is 2. The summed E-state index contributed by atoms with van der Waals surface area (Å²) in [5.41, 5.74) is 0.968. The third-order valence-electron chi connectivity index (χ3n) is 9.12. The Bertz CT molecular complexity index is 2060. The van der Waals surface area contributed by atoms with Crippen molar-refractivity contribution in [2.24, 2.45) is 0 Å². The highest BCUT2D eigenvalue weighted by Gasteiger charge is 2.33. The molecule has 2 saturated heterocycles. The molecule has 4 aromatic rings. The van der Waals surface area contributed by atoms with Crippen LogP contribution in [0.25, 0.3) is 21.8 Å². The molecule has 2 aliphatic heterocycles. The molecule has 0 unspecified atom stereocenters. The lowest BCUT2D eigenvalue weighted by molar-refractivity contribution is 0.0382. The first-order valence-corrected chi connectivity index (χ1v) is 20.2. The van der Waals surface area contributed by atoms with Crippen molar-refractivity contribution in [1.29, 1.82) is 0 Å². The number of rotatable bonds is 8. The molecule has 2 aliphatic rings. The van der Waals surface area contributed by atoms with Gasteiger partial charge in [-0.3, -0.25) is 19.4 Å². The van der Waals surface area contributed by atoms with Crippen LogP contribution in [0.1, 0.15) is 68.1 Å². The summed E-state index contributed by atoms with van der Waals surface area (Å²) in [6.07, 6.45) is -1.71. The summed E-state index contributed by atoms with van der Waals surface area (Å²) < 4.78 is 20.1. The summed E-state index contributed by atoms with van der Waals surface area (Å²) in [5, 5.41) is 21.2. The molecule has 0 atom stereocenters. The second-order valence-corrected chi connectivity index (χ2v) is 17.4. The monoisotopic (exact) mass is 903 g/mol. The number of carboxylic acid groups (broad SMARTS) is 1. The molecular formula is C39H51Br2N7O8. The maximum absolute atomic E-state index is 13.1. The SMILES string of the molecule is CC(C)(C)OC(=O)n1nc(C(=O)NCCN2CCOCC2)c2cc(Br)ccc21.CC(C)(C)c1c(C(=O)NCCN2CCOCC2)c2cc(Br)ccc2n1C(=O)O. The fraction of sp³-hybridized carbons (Fsp3) is 0.513. The van der Waals surface area contributed by atoms with Crippen LogP contribution in [0, 0.1) is 0 Å². The van der Waals surface area contributed by atoms with E-state index in [-0.39, 0.29) is 17.5 Å². The highest BCUT2D eigenvalue weighted by molar-refractivity contribution is 9.10. The number of amides is 2. The molecule has 15 nitrogen and oxygen atoms in total. The van der Waals surface area contributed by atoms with Crippen molar-refractivity contribution in [2.75, 3.05) is 78.8 Å². The van der Waals surface area contributed by atoms with Gasteiger partial charge in [-0.15, -0.1) is 0 Å². The Kier molecular flexibility index (Phi) is 14.4. The summed E-state index contributed by atoms with van der Waals surface area (Å²) >= 11 is 6.85. The lowest BCUT2D eigenvalue weighted by Crippen LogP contribution is -2.41. The van der Waals surface area contributed by atoms with E-state index in [1.807, 2.05) is 20.8 Å². The maximum atomic E-state index is 13.1. The normalized spacial score (nSPS) is 15.6. The molecule has 0 aliphatic carbocycles. The fourth-order valence-electron chi connectivity index (χ4n) is 6.58. The van der Waals surface area contributed by atoms with E-state index < -0.39 is 23.2 Å². The summed E-state index contributed by atoms with van der Waals surface area (Å²) in [7, 11) is 0. The first-order valence-electron chi connectivity index (χ1n) is 18.6. The van der Waals surface area contributed by atoms with Gasteiger partial charge in [0.15, 0.2) is 5.69 Å². The molecular weight excluding hydrogens is 854 g/mol. The zero-order chi connectivity index (χ0) is 40.8. The zero-order valence-electron chi connectivity index (χ0n) is 32.7. The molecule has 3 N–H and O–H groups in total. The van der Waals surface area contributed by atoms with Gasteiger partial charge in [0, 0.05) is 83.2 Å². The van der Waals surface area contributed by atoms with Crippen LogP contribution >= 0.6 is 31.9 Å². The van der Waals surface area contributed by atoms with Crippen molar-refractivity contribution >= 4 is 77.7 Å². The second kappa shape index (κ2) is 18.6. The molecule has 0 saturated carbocycles. The number of carbonyl (C=O) groups excluding carboxylic acids is 3. The van der Waals surface area contributed by atoms with Crippen molar-refractivity contribution in [2.45, 2.75) is 52.6 Å². The Hall–Kier alpha value is -3.87. The van der Waals surface area contributed by atoms with Gasteiger partial charge >= 0.3 is 12.2 Å². The van der Waals surface area contributed by atoms with E-state index in [0.717, 1.165) is 52.9 Å². The van der Waals surface area contributed by atoms with Crippen LogP contribution in [0.3, 0.4) is 0 Å². The van der Waals surface area contributed by atoms with Gasteiger partial charge in [0.1, 0.15) is 5.60 Å². The molecule has 2 aromatic heterocycles. The van der Waals surface area contributed by atoms with Gasteiger partial charge in [-0.25, -0.2) is 14.2 Å². The predicted octanol–water partition coefficient (Wildman–Crippen LogP) is 5.93.